The largest absolute Gasteiger partial charge is 0.381 e. The first-order valence-corrected chi connectivity index (χ1v) is 15.4. The highest BCUT2D eigenvalue weighted by Gasteiger charge is 2.27. The lowest BCUT2D eigenvalue weighted by atomic mass is 9.94. The molecule has 8 nitrogen and oxygen atoms in total. The number of anilines is 1. The molecule has 0 aliphatic carbocycles. The standard InChI is InChI=1S/C33H43ClN4O4/c1-4-37(28-9-13-41-14-10-28)31-19-27(26-7-5-25(6-8-26)22-36-11-15-42-16-12-36)18-29(24(31)3)33(39)35-20-32-30(34)17-23(2)21-38(32)40/h5-8,17-19,21,28,32,40H,4,9-16,20,22H2,1-3H3,(H,35,39). The second-order valence-electron chi connectivity index (χ2n) is 11.4. The molecule has 0 aromatic heterocycles. The quantitative estimate of drug-likeness (QED) is 0.406. The number of hydrogen-bond acceptors (Lipinski definition) is 7. The zero-order valence-electron chi connectivity index (χ0n) is 24.9. The number of carbonyl (C=O) groups is 1. The van der Waals surface area contributed by atoms with Gasteiger partial charge in [0.05, 0.1) is 13.2 Å². The summed E-state index contributed by atoms with van der Waals surface area (Å²) in [5, 5.41) is 15.0. The molecule has 3 aliphatic heterocycles. The molecule has 0 radical (unpaired) electrons. The molecule has 9 heteroatoms. The molecule has 3 aliphatic rings. The van der Waals surface area contributed by atoms with Crippen molar-refractivity contribution in [3.8, 4) is 11.1 Å². The summed E-state index contributed by atoms with van der Waals surface area (Å²) < 4.78 is 11.1. The first kappa shape index (κ1) is 30.6. The minimum absolute atomic E-state index is 0.182. The smallest absolute Gasteiger partial charge is 0.251 e. The van der Waals surface area contributed by atoms with Gasteiger partial charge in [0.25, 0.3) is 5.91 Å². The van der Waals surface area contributed by atoms with Gasteiger partial charge in [-0.3, -0.25) is 20.0 Å². The summed E-state index contributed by atoms with van der Waals surface area (Å²) in [6, 6.07) is 12.7. The van der Waals surface area contributed by atoms with Gasteiger partial charge < -0.3 is 19.7 Å². The highest BCUT2D eigenvalue weighted by atomic mass is 35.5. The Hall–Kier alpha value is -2.88. The summed E-state index contributed by atoms with van der Waals surface area (Å²) in [4.78, 5) is 18.6. The number of hydrogen-bond donors (Lipinski definition) is 2. The molecule has 1 amide bonds. The van der Waals surface area contributed by atoms with Gasteiger partial charge in [-0.05, 0) is 79.6 Å². The van der Waals surface area contributed by atoms with E-state index >= 15 is 0 Å². The summed E-state index contributed by atoms with van der Waals surface area (Å²) in [5.74, 6) is -0.188. The van der Waals surface area contributed by atoms with E-state index in [4.69, 9.17) is 21.1 Å². The van der Waals surface area contributed by atoms with E-state index in [1.54, 1.807) is 6.20 Å². The maximum atomic E-state index is 13.7. The van der Waals surface area contributed by atoms with E-state index in [1.807, 2.05) is 26.0 Å². The maximum absolute atomic E-state index is 13.7. The predicted octanol–water partition coefficient (Wildman–Crippen LogP) is 5.33. The van der Waals surface area contributed by atoms with Gasteiger partial charge in [0.15, 0.2) is 0 Å². The van der Waals surface area contributed by atoms with Crippen molar-refractivity contribution in [1.29, 1.82) is 0 Å². The van der Waals surface area contributed by atoms with Crippen LogP contribution in [0.25, 0.3) is 11.1 Å². The van der Waals surface area contributed by atoms with Crippen LogP contribution in [0.5, 0.6) is 0 Å². The van der Waals surface area contributed by atoms with E-state index in [0.29, 0.717) is 16.6 Å². The van der Waals surface area contributed by atoms with Crippen LogP contribution in [0.1, 0.15) is 48.2 Å². The van der Waals surface area contributed by atoms with Crippen LogP contribution < -0.4 is 10.2 Å². The van der Waals surface area contributed by atoms with Crippen molar-refractivity contribution in [1.82, 2.24) is 15.3 Å². The van der Waals surface area contributed by atoms with Gasteiger partial charge in [-0.15, -0.1) is 0 Å². The topological polar surface area (TPSA) is 77.5 Å². The van der Waals surface area contributed by atoms with Crippen LogP contribution >= 0.6 is 11.6 Å². The minimum atomic E-state index is -0.532. The van der Waals surface area contributed by atoms with Crippen molar-refractivity contribution >= 4 is 23.2 Å². The Kier molecular flexibility index (Phi) is 10.2. The normalized spacial score (nSPS) is 20.2. The van der Waals surface area contributed by atoms with Crippen LogP contribution in [-0.2, 0) is 16.0 Å². The van der Waals surface area contributed by atoms with Crippen molar-refractivity contribution in [3.05, 3.63) is 76.0 Å². The zero-order chi connectivity index (χ0) is 29.6. The fourth-order valence-corrected chi connectivity index (χ4v) is 6.44. The molecule has 2 N–H and O–H groups in total. The summed E-state index contributed by atoms with van der Waals surface area (Å²) in [6.07, 6.45) is 5.34. The van der Waals surface area contributed by atoms with Gasteiger partial charge in [0.2, 0.25) is 0 Å². The van der Waals surface area contributed by atoms with Gasteiger partial charge in [0.1, 0.15) is 6.04 Å². The molecule has 5 rings (SSSR count). The molecule has 1 unspecified atom stereocenters. The fourth-order valence-electron chi connectivity index (χ4n) is 6.09. The highest BCUT2D eigenvalue weighted by molar-refractivity contribution is 6.30. The number of allylic oxidation sites excluding steroid dienone is 2. The first-order valence-electron chi connectivity index (χ1n) is 15.0. The number of hydroxylamine groups is 2. The molecule has 0 saturated carbocycles. The average Bonchev–Trinajstić information content (AvgIpc) is 2.99. The van der Waals surface area contributed by atoms with Crippen molar-refractivity contribution < 1.29 is 19.5 Å². The first-order chi connectivity index (χ1) is 20.3. The van der Waals surface area contributed by atoms with Gasteiger partial charge in [-0.1, -0.05) is 35.9 Å². The van der Waals surface area contributed by atoms with E-state index in [0.717, 1.165) is 98.5 Å². The Morgan fingerprint density at radius 1 is 1.05 bits per heavy atom. The van der Waals surface area contributed by atoms with E-state index in [2.05, 4.69) is 52.4 Å². The Bertz CT molecular complexity index is 1300. The monoisotopic (exact) mass is 594 g/mol. The van der Waals surface area contributed by atoms with Gasteiger partial charge in [-0.25, -0.2) is 0 Å². The van der Waals surface area contributed by atoms with E-state index in [1.165, 1.54) is 5.56 Å². The summed E-state index contributed by atoms with van der Waals surface area (Å²) >= 11 is 6.43. The lowest BCUT2D eigenvalue weighted by molar-refractivity contribution is -0.0665. The second kappa shape index (κ2) is 14.1. The molecule has 0 bridgehead atoms. The number of amides is 1. The molecule has 0 spiro atoms. The third kappa shape index (κ3) is 7.18. The third-order valence-electron chi connectivity index (χ3n) is 8.50. The molecule has 2 saturated heterocycles. The summed E-state index contributed by atoms with van der Waals surface area (Å²) in [7, 11) is 0. The van der Waals surface area contributed by atoms with Crippen LogP contribution in [0.15, 0.2) is 59.3 Å². The molecular weight excluding hydrogens is 552 g/mol. The summed E-state index contributed by atoms with van der Waals surface area (Å²) in [5.41, 5.74) is 6.82. The Morgan fingerprint density at radius 2 is 1.74 bits per heavy atom. The lowest BCUT2D eigenvalue weighted by Gasteiger charge is -2.37. The number of morpholine rings is 1. The Labute approximate surface area is 254 Å². The molecule has 2 fully saturated rings. The Morgan fingerprint density at radius 3 is 2.40 bits per heavy atom. The van der Waals surface area contributed by atoms with Crippen LogP contribution in [0.3, 0.4) is 0 Å². The van der Waals surface area contributed by atoms with Gasteiger partial charge in [-0.2, -0.15) is 0 Å². The van der Waals surface area contributed by atoms with E-state index in [9.17, 15) is 10.0 Å². The van der Waals surface area contributed by atoms with E-state index in [-0.39, 0.29) is 12.5 Å². The molecule has 2 aromatic carbocycles. The molecule has 226 valence electrons. The van der Waals surface area contributed by atoms with Crippen LogP contribution in [0.2, 0.25) is 0 Å². The van der Waals surface area contributed by atoms with Crippen molar-refractivity contribution in [3.63, 3.8) is 0 Å². The SMILES string of the molecule is CCN(c1cc(-c2ccc(CN3CCOCC3)cc2)cc(C(=O)NCC2C(Cl)=CC(C)=CN2O)c1C)C1CCOCC1. The maximum Gasteiger partial charge on any atom is 0.251 e. The number of rotatable bonds is 9. The average molecular weight is 595 g/mol. The number of ether oxygens (including phenoxy) is 2. The predicted molar refractivity (Wildman–Crippen MR) is 167 cm³/mol. The third-order valence-corrected chi connectivity index (χ3v) is 8.86. The van der Waals surface area contributed by atoms with Gasteiger partial charge in [0, 0.05) is 74.5 Å². The fraction of sp³-hybridized carbons (Fsp3) is 0.485. The van der Waals surface area contributed by atoms with Gasteiger partial charge >= 0.3 is 0 Å². The molecule has 42 heavy (non-hydrogen) atoms. The molecule has 1 atom stereocenters. The van der Waals surface area contributed by atoms with E-state index < -0.39 is 6.04 Å². The number of carbonyl (C=O) groups excluding carboxylic acids is 1. The van der Waals surface area contributed by atoms with Crippen molar-refractivity contribution in [2.45, 2.75) is 52.2 Å². The van der Waals surface area contributed by atoms with Crippen molar-refractivity contribution in [2.75, 3.05) is 57.5 Å². The van der Waals surface area contributed by atoms with Crippen LogP contribution in [0, 0.1) is 6.92 Å². The molecular formula is C33H43ClN4O4. The molecule has 3 heterocycles. The molecule has 2 aromatic rings. The van der Waals surface area contributed by atoms with Crippen LogP contribution in [-0.4, -0.2) is 85.8 Å². The number of nitrogens with one attached hydrogen (secondary N) is 1. The Balaban J connectivity index is 1.43. The van der Waals surface area contributed by atoms with Crippen LogP contribution in [0.4, 0.5) is 5.69 Å². The lowest BCUT2D eigenvalue weighted by Crippen LogP contribution is -2.42. The highest BCUT2D eigenvalue weighted by Crippen LogP contribution is 2.34. The number of halogens is 1. The second-order valence-corrected chi connectivity index (χ2v) is 11.8. The number of nitrogens with zero attached hydrogens (tertiary/aromatic N) is 3. The minimum Gasteiger partial charge on any atom is -0.381 e. The number of benzene rings is 2. The van der Waals surface area contributed by atoms with Crippen molar-refractivity contribution in [2.24, 2.45) is 0 Å². The summed E-state index contributed by atoms with van der Waals surface area (Å²) in [6.45, 7) is 12.9. The zero-order valence-corrected chi connectivity index (χ0v) is 25.7.